The Morgan fingerprint density at radius 3 is 2.42 bits per heavy atom. The van der Waals surface area contributed by atoms with Gasteiger partial charge in [-0.3, -0.25) is 9.59 Å². The third-order valence-electron chi connectivity index (χ3n) is 4.57. The van der Waals surface area contributed by atoms with Gasteiger partial charge in [-0.25, -0.2) is 4.98 Å². The molecule has 31 heavy (non-hydrogen) atoms. The predicted octanol–water partition coefficient (Wildman–Crippen LogP) is 5.10. The van der Waals surface area contributed by atoms with Crippen molar-refractivity contribution in [1.82, 2.24) is 9.88 Å². The Bertz CT molecular complexity index is 1080. The van der Waals surface area contributed by atoms with Crippen molar-refractivity contribution in [2.45, 2.75) is 19.5 Å². The molecular formula is C22H20F3N3O2S. The molecule has 0 aliphatic rings. The van der Waals surface area contributed by atoms with Gasteiger partial charge in [-0.2, -0.15) is 13.2 Å². The van der Waals surface area contributed by atoms with Gasteiger partial charge in [0.05, 0.1) is 17.8 Å². The highest BCUT2D eigenvalue weighted by atomic mass is 32.1. The van der Waals surface area contributed by atoms with Crippen molar-refractivity contribution in [2.75, 3.05) is 18.9 Å². The fraction of sp³-hybridized carbons (Fsp3) is 0.227. The van der Waals surface area contributed by atoms with Crippen molar-refractivity contribution in [1.29, 1.82) is 0 Å². The summed E-state index contributed by atoms with van der Waals surface area (Å²) in [5.74, 6) is -1.23. The molecule has 5 nitrogen and oxygen atoms in total. The van der Waals surface area contributed by atoms with Gasteiger partial charge in [0, 0.05) is 18.0 Å². The van der Waals surface area contributed by atoms with Crippen LogP contribution in [0.3, 0.4) is 0 Å². The Labute approximate surface area is 181 Å². The standard InChI is InChI=1S/C22H20F3N3O2S/c1-3-14-8-10-15(11-9-14)20-27-18(13-31-20)21(30)28(2)12-19(29)26-17-7-5-4-6-16(17)22(23,24)25/h4-11,13H,3,12H2,1-2H3,(H,26,29). The van der Waals surface area contributed by atoms with E-state index in [-0.39, 0.29) is 11.4 Å². The summed E-state index contributed by atoms with van der Waals surface area (Å²) in [6.45, 7) is 1.64. The maximum absolute atomic E-state index is 13.1. The molecule has 0 saturated carbocycles. The zero-order valence-electron chi connectivity index (χ0n) is 16.9. The van der Waals surface area contributed by atoms with E-state index < -0.39 is 30.1 Å². The Balaban J connectivity index is 1.66. The van der Waals surface area contributed by atoms with Gasteiger partial charge in [0.1, 0.15) is 10.7 Å². The number of rotatable bonds is 6. The molecule has 3 aromatic rings. The first-order chi connectivity index (χ1) is 14.7. The number of thiazole rings is 1. The minimum Gasteiger partial charge on any atom is -0.331 e. The molecule has 0 saturated heterocycles. The molecule has 3 rings (SSSR count). The van der Waals surface area contributed by atoms with Crippen LogP contribution in [0.2, 0.25) is 0 Å². The molecule has 0 bridgehead atoms. The number of aromatic nitrogens is 1. The fourth-order valence-corrected chi connectivity index (χ4v) is 3.70. The van der Waals surface area contributed by atoms with Crippen LogP contribution in [0, 0.1) is 0 Å². The smallest absolute Gasteiger partial charge is 0.331 e. The molecule has 2 aromatic carbocycles. The minimum absolute atomic E-state index is 0.172. The van der Waals surface area contributed by atoms with E-state index in [1.807, 2.05) is 24.3 Å². The SMILES string of the molecule is CCc1ccc(-c2nc(C(=O)N(C)CC(=O)Nc3ccccc3C(F)(F)F)cs2)cc1. The number of benzene rings is 2. The first-order valence-corrected chi connectivity index (χ1v) is 10.3. The molecule has 0 atom stereocenters. The Morgan fingerprint density at radius 2 is 1.77 bits per heavy atom. The van der Waals surface area contributed by atoms with Crippen molar-refractivity contribution in [2.24, 2.45) is 0 Å². The van der Waals surface area contributed by atoms with E-state index in [9.17, 15) is 22.8 Å². The number of hydrogen-bond acceptors (Lipinski definition) is 4. The van der Waals surface area contributed by atoms with E-state index >= 15 is 0 Å². The molecule has 1 aromatic heterocycles. The van der Waals surface area contributed by atoms with Crippen LogP contribution in [0.1, 0.15) is 28.5 Å². The van der Waals surface area contributed by atoms with E-state index in [0.29, 0.717) is 5.01 Å². The second-order valence-corrected chi connectivity index (χ2v) is 7.70. The lowest BCUT2D eigenvalue weighted by Crippen LogP contribution is -2.35. The highest BCUT2D eigenvalue weighted by molar-refractivity contribution is 7.13. The number of anilines is 1. The number of nitrogens with zero attached hydrogens (tertiary/aromatic N) is 2. The molecule has 0 fully saturated rings. The first kappa shape index (κ1) is 22.5. The molecule has 1 heterocycles. The van der Waals surface area contributed by atoms with Crippen LogP contribution >= 0.6 is 11.3 Å². The van der Waals surface area contributed by atoms with Crippen LogP contribution in [0.15, 0.2) is 53.9 Å². The summed E-state index contributed by atoms with van der Waals surface area (Å²) in [5.41, 5.74) is 0.938. The minimum atomic E-state index is -4.60. The van der Waals surface area contributed by atoms with E-state index in [1.54, 1.807) is 5.38 Å². The van der Waals surface area contributed by atoms with Gasteiger partial charge >= 0.3 is 6.18 Å². The first-order valence-electron chi connectivity index (χ1n) is 9.45. The molecule has 0 aliphatic heterocycles. The number of amides is 2. The fourth-order valence-electron chi connectivity index (χ4n) is 2.90. The molecule has 9 heteroatoms. The van der Waals surface area contributed by atoms with Crippen LogP contribution in [0.5, 0.6) is 0 Å². The van der Waals surface area contributed by atoms with Gasteiger partial charge < -0.3 is 10.2 Å². The van der Waals surface area contributed by atoms with Crippen molar-refractivity contribution in [3.63, 3.8) is 0 Å². The Morgan fingerprint density at radius 1 is 1.10 bits per heavy atom. The normalized spacial score (nSPS) is 11.3. The zero-order valence-corrected chi connectivity index (χ0v) is 17.7. The number of para-hydroxylation sites is 1. The quantitative estimate of drug-likeness (QED) is 0.572. The topological polar surface area (TPSA) is 62.3 Å². The van der Waals surface area contributed by atoms with Crippen LogP contribution in [0.25, 0.3) is 10.6 Å². The average Bonchev–Trinajstić information content (AvgIpc) is 3.23. The summed E-state index contributed by atoms with van der Waals surface area (Å²) in [4.78, 5) is 30.3. The van der Waals surface area contributed by atoms with Crippen molar-refractivity contribution in [3.8, 4) is 10.6 Å². The number of aryl methyl sites for hydroxylation is 1. The number of likely N-dealkylation sites (N-methyl/N-ethyl adjacent to an activating group) is 1. The molecule has 0 spiro atoms. The summed E-state index contributed by atoms with van der Waals surface area (Å²) in [5, 5.41) is 4.49. The summed E-state index contributed by atoms with van der Waals surface area (Å²) in [7, 11) is 1.40. The average molecular weight is 447 g/mol. The molecule has 1 N–H and O–H groups in total. The van der Waals surface area contributed by atoms with Crippen LogP contribution < -0.4 is 5.32 Å². The predicted molar refractivity (Wildman–Crippen MR) is 114 cm³/mol. The number of carbonyl (C=O) groups is 2. The van der Waals surface area contributed by atoms with Crippen LogP contribution in [-0.4, -0.2) is 35.3 Å². The number of carbonyl (C=O) groups excluding carboxylic acids is 2. The van der Waals surface area contributed by atoms with Gasteiger partial charge in [-0.1, -0.05) is 43.3 Å². The number of hydrogen-bond donors (Lipinski definition) is 1. The summed E-state index contributed by atoms with van der Waals surface area (Å²) < 4.78 is 39.2. The van der Waals surface area contributed by atoms with E-state index in [1.165, 1.54) is 42.1 Å². The summed E-state index contributed by atoms with van der Waals surface area (Å²) >= 11 is 1.30. The van der Waals surface area contributed by atoms with E-state index in [2.05, 4.69) is 17.2 Å². The van der Waals surface area contributed by atoms with Crippen LogP contribution in [-0.2, 0) is 17.4 Å². The van der Waals surface area contributed by atoms with E-state index in [0.717, 1.165) is 23.0 Å². The number of halogens is 3. The largest absolute Gasteiger partial charge is 0.418 e. The lowest BCUT2D eigenvalue weighted by Gasteiger charge is -2.17. The Kier molecular flexibility index (Phi) is 6.74. The molecule has 162 valence electrons. The molecule has 0 aliphatic carbocycles. The monoisotopic (exact) mass is 447 g/mol. The number of alkyl halides is 3. The molecule has 0 unspecified atom stereocenters. The van der Waals surface area contributed by atoms with Crippen molar-refractivity contribution >= 4 is 28.8 Å². The van der Waals surface area contributed by atoms with Gasteiger partial charge in [0.25, 0.3) is 5.91 Å². The van der Waals surface area contributed by atoms with Gasteiger partial charge in [-0.05, 0) is 24.1 Å². The van der Waals surface area contributed by atoms with Gasteiger partial charge in [-0.15, -0.1) is 11.3 Å². The molecule has 2 amide bonds. The molecule has 0 radical (unpaired) electrons. The second kappa shape index (κ2) is 9.30. The summed E-state index contributed by atoms with van der Waals surface area (Å²) in [6.07, 6.45) is -3.68. The highest BCUT2D eigenvalue weighted by Crippen LogP contribution is 2.34. The van der Waals surface area contributed by atoms with Gasteiger partial charge in [0.2, 0.25) is 5.91 Å². The second-order valence-electron chi connectivity index (χ2n) is 6.84. The molecular weight excluding hydrogens is 427 g/mol. The van der Waals surface area contributed by atoms with Gasteiger partial charge in [0.15, 0.2) is 0 Å². The van der Waals surface area contributed by atoms with Crippen molar-refractivity contribution < 1.29 is 22.8 Å². The summed E-state index contributed by atoms with van der Waals surface area (Å²) in [6, 6.07) is 12.5. The number of nitrogens with one attached hydrogen (secondary N) is 1. The third kappa shape index (κ3) is 5.49. The lowest BCUT2D eigenvalue weighted by atomic mass is 10.1. The maximum Gasteiger partial charge on any atom is 0.418 e. The Hall–Kier alpha value is -3.20. The van der Waals surface area contributed by atoms with Crippen molar-refractivity contribution in [3.05, 3.63) is 70.7 Å². The van der Waals surface area contributed by atoms with E-state index in [4.69, 9.17) is 0 Å². The maximum atomic E-state index is 13.1. The highest BCUT2D eigenvalue weighted by Gasteiger charge is 2.33. The third-order valence-corrected chi connectivity index (χ3v) is 5.46. The lowest BCUT2D eigenvalue weighted by molar-refractivity contribution is -0.137. The van der Waals surface area contributed by atoms with Crippen LogP contribution in [0.4, 0.5) is 18.9 Å². The zero-order chi connectivity index (χ0) is 22.6.